The molecule has 1 aromatic carbocycles. The fourth-order valence-corrected chi connectivity index (χ4v) is 4.76. The standard InChI is InChI=1S/C20H29N2O7SSi/c1-19(2,3)29-18(24)21-14-9-11-22(12-10-14)30(25,26)16-8-6-7-15(13-16)28-20(4,31)17(23)27-5/h6-8,13-14H,9-12H2,1-5H3,(H,21,24)/t20-/m0/s1. The lowest BCUT2D eigenvalue weighted by Gasteiger charge is -2.32. The number of methoxy groups -OCH3 is 1. The fraction of sp³-hybridized carbons (Fsp3) is 0.600. The van der Waals surface area contributed by atoms with Gasteiger partial charge in [0.2, 0.25) is 10.0 Å². The van der Waals surface area contributed by atoms with Crippen molar-refractivity contribution in [2.75, 3.05) is 20.2 Å². The first-order chi connectivity index (χ1) is 14.2. The van der Waals surface area contributed by atoms with Gasteiger partial charge in [-0.15, -0.1) is 0 Å². The van der Waals surface area contributed by atoms with E-state index in [2.05, 4.69) is 20.3 Å². The Hall–Kier alpha value is -2.11. The van der Waals surface area contributed by atoms with Crippen LogP contribution in [0.3, 0.4) is 0 Å². The number of hydrogen-bond donors (Lipinski definition) is 1. The van der Waals surface area contributed by atoms with E-state index in [0.717, 1.165) is 0 Å². The number of piperidine rings is 1. The molecule has 31 heavy (non-hydrogen) atoms. The Morgan fingerprint density at radius 2 is 1.77 bits per heavy atom. The summed E-state index contributed by atoms with van der Waals surface area (Å²) in [4.78, 5) is 23.8. The summed E-state index contributed by atoms with van der Waals surface area (Å²) in [5.74, 6) is -0.456. The summed E-state index contributed by atoms with van der Waals surface area (Å²) in [5, 5.41) is 1.33. The van der Waals surface area contributed by atoms with Crippen molar-refractivity contribution < 1.29 is 32.2 Å². The first-order valence-corrected chi connectivity index (χ1v) is 11.8. The van der Waals surface area contributed by atoms with E-state index < -0.39 is 32.9 Å². The molecule has 1 fully saturated rings. The average molecular weight is 470 g/mol. The van der Waals surface area contributed by atoms with Crippen molar-refractivity contribution in [1.82, 2.24) is 9.62 Å². The number of amides is 1. The Kier molecular flexibility index (Phi) is 7.77. The van der Waals surface area contributed by atoms with Crippen LogP contribution >= 0.6 is 0 Å². The van der Waals surface area contributed by atoms with Crippen molar-refractivity contribution >= 4 is 32.3 Å². The molecule has 0 bridgehead atoms. The molecule has 1 aliphatic heterocycles. The Morgan fingerprint density at radius 1 is 1.16 bits per heavy atom. The van der Waals surface area contributed by atoms with E-state index in [0.29, 0.717) is 12.8 Å². The van der Waals surface area contributed by atoms with Crippen molar-refractivity contribution in [2.45, 2.75) is 62.3 Å². The lowest BCUT2D eigenvalue weighted by Crippen LogP contribution is -2.47. The third-order valence-corrected chi connectivity index (χ3v) is 6.72. The predicted octanol–water partition coefficient (Wildman–Crippen LogP) is 1.80. The SMILES string of the molecule is COC(=O)[C@](C)([Si])Oc1cccc(S(=O)(=O)N2CCC(NC(=O)OC(C)(C)C)CC2)c1. The van der Waals surface area contributed by atoms with E-state index in [-0.39, 0.29) is 29.8 Å². The van der Waals surface area contributed by atoms with Gasteiger partial charge < -0.3 is 19.5 Å². The largest absolute Gasteiger partial charge is 0.481 e. The summed E-state index contributed by atoms with van der Waals surface area (Å²) < 4.78 is 43.0. The maximum Gasteiger partial charge on any atom is 0.407 e. The number of rotatable bonds is 6. The highest BCUT2D eigenvalue weighted by Crippen LogP contribution is 2.26. The van der Waals surface area contributed by atoms with Crippen LogP contribution in [0.2, 0.25) is 0 Å². The zero-order valence-electron chi connectivity index (χ0n) is 18.4. The summed E-state index contributed by atoms with van der Waals surface area (Å²) in [7, 11) is 0.657. The Morgan fingerprint density at radius 3 is 2.32 bits per heavy atom. The van der Waals surface area contributed by atoms with E-state index in [9.17, 15) is 18.0 Å². The molecule has 0 aromatic heterocycles. The zero-order chi connectivity index (χ0) is 23.4. The van der Waals surface area contributed by atoms with Gasteiger partial charge >= 0.3 is 12.1 Å². The molecule has 0 spiro atoms. The molecule has 11 heteroatoms. The number of nitrogens with zero attached hydrogens (tertiary/aromatic N) is 1. The van der Waals surface area contributed by atoms with Crippen LogP contribution in [0.1, 0.15) is 40.5 Å². The van der Waals surface area contributed by atoms with Gasteiger partial charge in [-0.3, -0.25) is 0 Å². The summed E-state index contributed by atoms with van der Waals surface area (Å²) in [6.45, 7) is 7.31. The van der Waals surface area contributed by atoms with Crippen molar-refractivity contribution in [3.63, 3.8) is 0 Å². The zero-order valence-corrected chi connectivity index (χ0v) is 20.2. The van der Waals surface area contributed by atoms with E-state index in [4.69, 9.17) is 9.47 Å². The molecule has 1 amide bonds. The number of alkyl carbamates (subject to hydrolysis) is 1. The third-order valence-electron chi connectivity index (χ3n) is 4.51. The van der Waals surface area contributed by atoms with Gasteiger partial charge in [-0.1, -0.05) is 6.07 Å². The summed E-state index contributed by atoms with van der Waals surface area (Å²) in [6.07, 6.45) is 0.425. The Bertz CT molecular complexity index is 904. The maximum atomic E-state index is 13.1. The monoisotopic (exact) mass is 469 g/mol. The van der Waals surface area contributed by atoms with E-state index in [1.165, 1.54) is 30.5 Å². The number of carbonyl (C=O) groups is 2. The van der Waals surface area contributed by atoms with Crippen LogP contribution in [0.5, 0.6) is 5.75 Å². The lowest BCUT2D eigenvalue weighted by molar-refractivity contribution is -0.151. The molecular weight excluding hydrogens is 440 g/mol. The van der Waals surface area contributed by atoms with Gasteiger partial charge in [-0.2, -0.15) is 4.31 Å². The second-order valence-corrected chi connectivity index (χ2v) is 11.3. The minimum Gasteiger partial charge on any atom is -0.481 e. The fourth-order valence-electron chi connectivity index (χ4n) is 3.03. The molecule has 1 heterocycles. The molecule has 1 N–H and O–H groups in total. The predicted molar refractivity (Wildman–Crippen MR) is 114 cm³/mol. The normalized spacial score (nSPS) is 18.0. The van der Waals surface area contributed by atoms with Crippen LogP contribution in [0.25, 0.3) is 0 Å². The smallest absolute Gasteiger partial charge is 0.407 e. The number of benzene rings is 1. The topological polar surface area (TPSA) is 111 Å². The van der Waals surface area contributed by atoms with Gasteiger partial charge in [0.25, 0.3) is 0 Å². The first-order valence-electron chi connectivity index (χ1n) is 9.87. The molecule has 0 aliphatic carbocycles. The Balaban J connectivity index is 2.04. The van der Waals surface area contributed by atoms with Crippen LogP contribution in [0, 0.1) is 0 Å². The molecule has 171 valence electrons. The number of sulfonamides is 1. The molecule has 1 aliphatic rings. The lowest BCUT2D eigenvalue weighted by atomic mass is 10.1. The van der Waals surface area contributed by atoms with Crippen LogP contribution in [-0.4, -0.2) is 72.1 Å². The third kappa shape index (κ3) is 6.94. The number of nitrogens with one attached hydrogen (secondary N) is 1. The second-order valence-electron chi connectivity index (χ2n) is 8.43. The number of esters is 1. The first kappa shape index (κ1) is 25.2. The van der Waals surface area contributed by atoms with Crippen molar-refractivity contribution in [2.24, 2.45) is 0 Å². The van der Waals surface area contributed by atoms with Crippen molar-refractivity contribution in [3.05, 3.63) is 24.3 Å². The van der Waals surface area contributed by atoms with Gasteiger partial charge in [-0.25, -0.2) is 18.0 Å². The molecule has 3 radical (unpaired) electrons. The van der Waals surface area contributed by atoms with Crippen LogP contribution < -0.4 is 10.1 Å². The van der Waals surface area contributed by atoms with Gasteiger partial charge in [0.15, 0.2) is 5.22 Å². The van der Waals surface area contributed by atoms with Gasteiger partial charge in [0, 0.05) is 25.2 Å². The van der Waals surface area contributed by atoms with E-state index in [1.54, 1.807) is 32.9 Å². The molecule has 1 aromatic rings. The van der Waals surface area contributed by atoms with Gasteiger partial charge in [0.1, 0.15) is 21.6 Å². The quantitative estimate of drug-likeness (QED) is 0.499. The van der Waals surface area contributed by atoms with Gasteiger partial charge in [0.05, 0.1) is 12.0 Å². The summed E-state index contributed by atoms with van der Waals surface area (Å²) >= 11 is 0. The van der Waals surface area contributed by atoms with Crippen molar-refractivity contribution in [3.8, 4) is 5.75 Å². The van der Waals surface area contributed by atoms with Crippen LogP contribution in [0.15, 0.2) is 29.2 Å². The molecule has 0 unspecified atom stereocenters. The number of hydrogen-bond acceptors (Lipinski definition) is 7. The van der Waals surface area contributed by atoms with Gasteiger partial charge in [-0.05, 0) is 52.7 Å². The number of carbonyl (C=O) groups excluding carboxylic acids is 2. The maximum absolute atomic E-state index is 13.1. The van der Waals surface area contributed by atoms with Crippen LogP contribution in [0.4, 0.5) is 4.79 Å². The van der Waals surface area contributed by atoms with E-state index in [1.807, 2.05) is 0 Å². The highest BCUT2D eigenvalue weighted by molar-refractivity contribution is 7.89. The summed E-state index contributed by atoms with van der Waals surface area (Å²) in [6, 6.07) is 5.76. The minimum absolute atomic E-state index is 0.0517. The van der Waals surface area contributed by atoms with E-state index >= 15 is 0 Å². The number of ether oxygens (including phenoxy) is 3. The summed E-state index contributed by atoms with van der Waals surface area (Å²) in [5.41, 5.74) is -0.597. The molecule has 9 nitrogen and oxygen atoms in total. The highest BCUT2D eigenvalue weighted by atomic mass is 32.2. The molecule has 2 rings (SSSR count). The minimum atomic E-state index is -3.77. The average Bonchev–Trinajstić information content (AvgIpc) is 2.66. The van der Waals surface area contributed by atoms with Crippen LogP contribution in [-0.2, 0) is 24.3 Å². The molecular formula is C20H29N2O7SSi. The highest BCUT2D eigenvalue weighted by Gasteiger charge is 2.33. The van der Waals surface area contributed by atoms with Crippen molar-refractivity contribution in [1.29, 1.82) is 0 Å². The molecule has 1 atom stereocenters. The Labute approximate surface area is 186 Å². The molecule has 0 saturated carbocycles. The molecule has 1 saturated heterocycles. The second kappa shape index (κ2) is 9.57.